The smallest absolute Gasteiger partial charge is 0.225 e. The number of nitrogens with one attached hydrogen (secondary N) is 1. The number of carbonyl (C=O) groups is 1. The second-order valence-corrected chi connectivity index (χ2v) is 6.79. The lowest BCUT2D eigenvalue weighted by Crippen LogP contribution is -2.42. The van der Waals surface area contributed by atoms with Crippen molar-refractivity contribution in [2.45, 2.75) is 25.9 Å². The van der Waals surface area contributed by atoms with Gasteiger partial charge in [-0.25, -0.2) is 0 Å². The molecule has 3 rings (SSSR count). The molecule has 0 fully saturated rings. The summed E-state index contributed by atoms with van der Waals surface area (Å²) in [6, 6.07) is 16.6. The molecule has 0 saturated heterocycles. The van der Waals surface area contributed by atoms with E-state index in [4.69, 9.17) is 14.7 Å². The fourth-order valence-electron chi connectivity index (χ4n) is 3.16. The molecule has 1 N–H and O–H groups in total. The summed E-state index contributed by atoms with van der Waals surface area (Å²) in [5.74, 6) is 1.51. The molecule has 1 aliphatic heterocycles. The largest absolute Gasteiger partial charge is 0.486 e. The Kier molecular flexibility index (Phi) is 6.88. The van der Waals surface area contributed by atoms with Gasteiger partial charge in [0.25, 0.3) is 0 Å². The Labute approximate surface area is 165 Å². The lowest BCUT2D eigenvalue weighted by molar-refractivity contribution is -0.116. The van der Waals surface area contributed by atoms with Crippen LogP contribution < -0.4 is 14.8 Å². The maximum atomic E-state index is 12.3. The molecule has 0 bridgehead atoms. The van der Waals surface area contributed by atoms with Gasteiger partial charge in [-0.15, -0.1) is 0 Å². The molecule has 0 saturated carbocycles. The van der Waals surface area contributed by atoms with E-state index in [1.165, 1.54) is 0 Å². The van der Waals surface area contributed by atoms with Crippen molar-refractivity contribution in [2.75, 3.05) is 31.6 Å². The maximum absolute atomic E-state index is 12.3. The summed E-state index contributed by atoms with van der Waals surface area (Å²) in [5.41, 5.74) is 1.27. The van der Waals surface area contributed by atoms with Gasteiger partial charge in [0, 0.05) is 25.2 Å². The molecule has 1 unspecified atom stereocenters. The van der Waals surface area contributed by atoms with E-state index in [-0.39, 0.29) is 12.0 Å². The van der Waals surface area contributed by atoms with Gasteiger partial charge >= 0.3 is 0 Å². The number of hydrogen-bond acceptors (Lipinski definition) is 5. The van der Waals surface area contributed by atoms with Crippen molar-refractivity contribution in [1.82, 2.24) is 4.90 Å². The first-order valence-corrected chi connectivity index (χ1v) is 9.58. The third-order valence-electron chi connectivity index (χ3n) is 4.52. The van der Waals surface area contributed by atoms with E-state index < -0.39 is 0 Å². The van der Waals surface area contributed by atoms with E-state index in [9.17, 15) is 4.79 Å². The molecule has 1 amide bonds. The Morgan fingerprint density at radius 3 is 2.64 bits per heavy atom. The number of benzene rings is 2. The van der Waals surface area contributed by atoms with Crippen LogP contribution >= 0.6 is 0 Å². The topological polar surface area (TPSA) is 74.6 Å². The first-order valence-electron chi connectivity index (χ1n) is 9.58. The third kappa shape index (κ3) is 5.48. The maximum Gasteiger partial charge on any atom is 0.225 e. The normalized spacial score (nSPS) is 15.1. The highest BCUT2D eigenvalue weighted by molar-refractivity contribution is 5.90. The number of anilines is 1. The number of ether oxygens (including phenoxy) is 2. The van der Waals surface area contributed by atoms with Crippen molar-refractivity contribution >= 4 is 11.6 Å². The quantitative estimate of drug-likeness (QED) is 0.760. The minimum atomic E-state index is -0.0527. The van der Waals surface area contributed by atoms with Crippen molar-refractivity contribution < 1.29 is 14.3 Å². The van der Waals surface area contributed by atoms with Crippen LogP contribution in [-0.2, 0) is 4.79 Å². The molecule has 1 heterocycles. The van der Waals surface area contributed by atoms with Crippen LogP contribution in [0.25, 0.3) is 0 Å². The van der Waals surface area contributed by atoms with Gasteiger partial charge < -0.3 is 14.8 Å². The number of fused-ring (bicyclic) bond motifs is 1. The summed E-state index contributed by atoms with van der Waals surface area (Å²) in [7, 11) is 0. The van der Waals surface area contributed by atoms with Gasteiger partial charge in [0.15, 0.2) is 11.5 Å². The molecule has 1 aliphatic rings. The first kappa shape index (κ1) is 19.7. The molecule has 0 radical (unpaired) electrons. The van der Waals surface area contributed by atoms with Crippen LogP contribution in [0.15, 0.2) is 48.5 Å². The average molecular weight is 379 g/mol. The molecule has 6 heteroatoms. The lowest BCUT2D eigenvalue weighted by atomic mass is 10.2. The molecular formula is C22H25N3O3. The zero-order valence-electron chi connectivity index (χ0n) is 16.1. The second-order valence-electron chi connectivity index (χ2n) is 6.79. The second kappa shape index (κ2) is 9.77. The van der Waals surface area contributed by atoms with E-state index >= 15 is 0 Å². The molecule has 2 aromatic carbocycles. The predicted molar refractivity (Wildman–Crippen MR) is 107 cm³/mol. The van der Waals surface area contributed by atoms with E-state index in [0.717, 1.165) is 24.5 Å². The highest BCUT2D eigenvalue weighted by atomic mass is 16.6. The van der Waals surface area contributed by atoms with Gasteiger partial charge in [-0.05, 0) is 49.4 Å². The highest BCUT2D eigenvalue weighted by Gasteiger charge is 2.23. The van der Waals surface area contributed by atoms with Crippen LogP contribution in [0.1, 0.15) is 25.3 Å². The Hall–Kier alpha value is -3.04. The number of hydrogen-bond donors (Lipinski definition) is 1. The molecule has 0 spiro atoms. The van der Waals surface area contributed by atoms with Crippen LogP contribution in [0.4, 0.5) is 5.69 Å². The van der Waals surface area contributed by atoms with E-state index in [0.29, 0.717) is 37.4 Å². The summed E-state index contributed by atoms with van der Waals surface area (Å²) in [6.45, 7) is 4.89. The van der Waals surface area contributed by atoms with Gasteiger partial charge in [0.2, 0.25) is 5.91 Å². The summed E-state index contributed by atoms with van der Waals surface area (Å²) in [6.07, 6.45) is 1.34. The number of amides is 1. The average Bonchev–Trinajstić information content (AvgIpc) is 2.72. The zero-order chi connectivity index (χ0) is 19.8. The van der Waals surface area contributed by atoms with Crippen molar-refractivity contribution in [3.63, 3.8) is 0 Å². The van der Waals surface area contributed by atoms with Crippen molar-refractivity contribution in [3.05, 3.63) is 54.1 Å². The van der Waals surface area contributed by atoms with Gasteiger partial charge in [-0.2, -0.15) is 5.26 Å². The molecule has 146 valence electrons. The minimum Gasteiger partial charge on any atom is -0.486 e. The molecule has 28 heavy (non-hydrogen) atoms. The van der Waals surface area contributed by atoms with E-state index in [1.807, 2.05) is 24.3 Å². The van der Waals surface area contributed by atoms with Crippen LogP contribution in [0.3, 0.4) is 0 Å². The Bertz CT molecular complexity index is 830. The fourth-order valence-corrected chi connectivity index (χ4v) is 3.16. The molecule has 0 aromatic heterocycles. The summed E-state index contributed by atoms with van der Waals surface area (Å²) in [5, 5.41) is 11.7. The monoisotopic (exact) mass is 379 g/mol. The molecule has 6 nitrogen and oxygen atoms in total. The standard InChI is InChI=1S/C22H25N3O3/c1-2-12-25(15-19-16-27-20-5-3-4-6-21(20)28-19)13-11-22(26)24-18-9-7-17(14-23)8-10-18/h3-10,19H,2,11-13,15-16H2,1H3,(H,24,26). The number of nitriles is 1. The lowest BCUT2D eigenvalue weighted by Gasteiger charge is -2.31. The van der Waals surface area contributed by atoms with Gasteiger partial charge in [-0.3, -0.25) is 9.69 Å². The molecule has 2 aromatic rings. The first-order chi connectivity index (χ1) is 13.7. The van der Waals surface area contributed by atoms with Gasteiger partial charge in [0.05, 0.1) is 11.6 Å². The SMILES string of the molecule is CCCN(CCC(=O)Nc1ccc(C#N)cc1)CC1COc2ccccc2O1. The third-order valence-corrected chi connectivity index (χ3v) is 4.52. The summed E-state index contributed by atoms with van der Waals surface area (Å²) >= 11 is 0. The number of carbonyl (C=O) groups excluding carboxylic acids is 1. The van der Waals surface area contributed by atoms with Gasteiger partial charge in [0.1, 0.15) is 12.7 Å². The van der Waals surface area contributed by atoms with Crippen molar-refractivity contribution in [1.29, 1.82) is 5.26 Å². The number of para-hydroxylation sites is 2. The van der Waals surface area contributed by atoms with Crippen molar-refractivity contribution in [3.8, 4) is 17.6 Å². The van der Waals surface area contributed by atoms with E-state index in [2.05, 4.69) is 23.2 Å². The predicted octanol–water partition coefficient (Wildman–Crippen LogP) is 3.44. The fraction of sp³-hybridized carbons (Fsp3) is 0.364. The highest BCUT2D eigenvalue weighted by Crippen LogP contribution is 2.31. The van der Waals surface area contributed by atoms with Crippen LogP contribution in [0.5, 0.6) is 11.5 Å². The Balaban J connectivity index is 1.49. The Morgan fingerprint density at radius 1 is 1.18 bits per heavy atom. The summed E-state index contributed by atoms with van der Waals surface area (Å²) < 4.78 is 11.8. The zero-order valence-corrected chi connectivity index (χ0v) is 16.1. The van der Waals surface area contributed by atoms with Gasteiger partial charge in [-0.1, -0.05) is 19.1 Å². The Morgan fingerprint density at radius 2 is 1.93 bits per heavy atom. The van der Waals surface area contributed by atoms with Crippen LogP contribution in [0.2, 0.25) is 0 Å². The molecule has 1 atom stereocenters. The molecular weight excluding hydrogens is 354 g/mol. The number of rotatable bonds is 8. The minimum absolute atomic E-state index is 0.0445. The van der Waals surface area contributed by atoms with Crippen LogP contribution in [0, 0.1) is 11.3 Å². The number of nitrogens with zero attached hydrogens (tertiary/aromatic N) is 2. The van der Waals surface area contributed by atoms with Crippen LogP contribution in [-0.4, -0.2) is 43.2 Å². The summed E-state index contributed by atoms with van der Waals surface area (Å²) in [4.78, 5) is 14.5. The van der Waals surface area contributed by atoms with E-state index in [1.54, 1.807) is 24.3 Å². The molecule has 0 aliphatic carbocycles. The van der Waals surface area contributed by atoms with Crippen molar-refractivity contribution in [2.24, 2.45) is 0 Å².